The van der Waals surface area contributed by atoms with E-state index in [2.05, 4.69) is 35.4 Å². The van der Waals surface area contributed by atoms with Gasteiger partial charge < -0.3 is 15.5 Å². The summed E-state index contributed by atoms with van der Waals surface area (Å²) in [5.41, 5.74) is 1.68. The summed E-state index contributed by atoms with van der Waals surface area (Å²) in [5, 5.41) is 6.14. The number of rotatable bonds is 6. The number of aryl methyl sites for hydroxylation is 1. The van der Waals surface area contributed by atoms with Crippen LogP contribution in [0.25, 0.3) is 10.9 Å². The molecule has 1 aliphatic heterocycles. The first-order chi connectivity index (χ1) is 17.5. The van der Waals surface area contributed by atoms with E-state index in [0.29, 0.717) is 17.5 Å². The summed E-state index contributed by atoms with van der Waals surface area (Å²) in [6.45, 7) is 8.52. The summed E-state index contributed by atoms with van der Waals surface area (Å²) < 4.78 is 38.6. The van der Waals surface area contributed by atoms with E-state index in [-0.39, 0.29) is 24.4 Å². The molecule has 1 fully saturated rings. The summed E-state index contributed by atoms with van der Waals surface area (Å²) >= 11 is 0. The van der Waals surface area contributed by atoms with E-state index in [0.717, 1.165) is 47.5 Å². The summed E-state index contributed by atoms with van der Waals surface area (Å²) in [7, 11) is 0. The van der Waals surface area contributed by atoms with Crippen molar-refractivity contribution in [3.05, 3.63) is 59.7 Å². The van der Waals surface area contributed by atoms with E-state index in [1.165, 1.54) is 18.6 Å². The average Bonchev–Trinajstić information content (AvgIpc) is 2.82. The van der Waals surface area contributed by atoms with Crippen LogP contribution in [0.1, 0.15) is 44.2 Å². The Morgan fingerprint density at radius 3 is 2.19 bits per heavy atom. The first-order valence-electron chi connectivity index (χ1n) is 12.4. The van der Waals surface area contributed by atoms with Crippen molar-refractivity contribution in [2.24, 2.45) is 11.8 Å². The number of aromatic nitrogens is 1. The van der Waals surface area contributed by atoms with Crippen LogP contribution in [0.2, 0.25) is 0 Å². The molecule has 196 valence electrons. The molecule has 2 heterocycles. The Hall–Kier alpha value is -3.62. The number of amides is 2. The first-order valence-corrected chi connectivity index (χ1v) is 12.4. The van der Waals surface area contributed by atoms with Gasteiger partial charge in [0.1, 0.15) is 5.82 Å². The molecule has 0 bridgehead atoms. The molecule has 37 heavy (non-hydrogen) atoms. The van der Waals surface area contributed by atoms with Crippen LogP contribution in [0.15, 0.2) is 48.5 Å². The standard InChI is InChI=1S/C28H31F3N4O2/c1-17-11-18(2)16-35(15-17)25-12-19(3)23-14-22(7-8-24(23)34-25)33-27(37)10-9-26(36)32-21-6-4-5-20(13-21)28(29,30)31/h4-8,12-14,17-18H,9-11,15-16H2,1-3H3,(H,32,36)(H,33,37)/t17-,18+. The lowest BCUT2D eigenvalue weighted by atomic mass is 9.92. The van der Waals surface area contributed by atoms with Crippen LogP contribution in [0.3, 0.4) is 0 Å². The van der Waals surface area contributed by atoms with E-state index in [9.17, 15) is 22.8 Å². The summed E-state index contributed by atoms with van der Waals surface area (Å²) in [6.07, 6.45) is -3.55. The van der Waals surface area contributed by atoms with Gasteiger partial charge in [-0.25, -0.2) is 4.98 Å². The number of alkyl halides is 3. The number of anilines is 3. The van der Waals surface area contributed by atoms with Crippen LogP contribution in [0, 0.1) is 18.8 Å². The zero-order valence-electron chi connectivity index (χ0n) is 21.2. The summed E-state index contributed by atoms with van der Waals surface area (Å²) in [5.74, 6) is 1.29. The Morgan fingerprint density at radius 1 is 0.946 bits per heavy atom. The predicted octanol–water partition coefficient (Wildman–Crippen LogP) is 6.40. The van der Waals surface area contributed by atoms with Crippen LogP contribution in [-0.4, -0.2) is 29.9 Å². The fourth-order valence-corrected chi connectivity index (χ4v) is 4.91. The Labute approximate surface area is 214 Å². The number of halogens is 3. The van der Waals surface area contributed by atoms with Gasteiger partial charge in [-0.3, -0.25) is 9.59 Å². The van der Waals surface area contributed by atoms with Gasteiger partial charge in [0.2, 0.25) is 11.8 Å². The molecule has 1 aliphatic rings. The van der Waals surface area contributed by atoms with Gasteiger partial charge in [-0.2, -0.15) is 13.2 Å². The third-order valence-electron chi connectivity index (χ3n) is 6.53. The zero-order valence-corrected chi connectivity index (χ0v) is 21.2. The molecule has 0 aliphatic carbocycles. The normalized spacial score (nSPS) is 18.1. The van der Waals surface area contributed by atoms with Crippen LogP contribution in [-0.2, 0) is 15.8 Å². The number of nitrogens with one attached hydrogen (secondary N) is 2. The summed E-state index contributed by atoms with van der Waals surface area (Å²) in [6, 6.07) is 12.0. The number of nitrogens with zero attached hydrogens (tertiary/aromatic N) is 2. The van der Waals surface area contributed by atoms with Gasteiger partial charge in [0.05, 0.1) is 11.1 Å². The Kier molecular flexibility index (Phi) is 7.71. The molecule has 0 unspecified atom stereocenters. The molecule has 3 aromatic rings. The Balaban J connectivity index is 1.36. The molecule has 1 aromatic heterocycles. The molecule has 1 saturated heterocycles. The van der Waals surface area contributed by atoms with E-state index in [4.69, 9.17) is 4.98 Å². The number of hydrogen-bond acceptors (Lipinski definition) is 4. The smallest absolute Gasteiger partial charge is 0.356 e. The van der Waals surface area contributed by atoms with Gasteiger partial charge in [0, 0.05) is 42.7 Å². The molecule has 0 spiro atoms. The van der Waals surface area contributed by atoms with Crippen LogP contribution >= 0.6 is 0 Å². The molecule has 2 amide bonds. The van der Waals surface area contributed by atoms with Gasteiger partial charge in [-0.15, -0.1) is 0 Å². The predicted molar refractivity (Wildman–Crippen MR) is 140 cm³/mol. The fourth-order valence-electron chi connectivity index (χ4n) is 4.91. The molecule has 0 saturated carbocycles. The number of carbonyl (C=O) groups excluding carboxylic acids is 2. The van der Waals surface area contributed by atoms with Crippen molar-refractivity contribution in [1.82, 2.24) is 4.98 Å². The number of fused-ring (bicyclic) bond motifs is 1. The lowest BCUT2D eigenvalue weighted by Crippen LogP contribution is -2.39. The van der Waals surface area contributed by atoms with Gasteiger partial charge in [-0.05, 0) is 73.2 Å². The van der Waals surface area contributed by atoms with Gasteiger partial charge in [0.25, 0.3) is 0 Å². The van der Waals surface area contributed by atoms with Crippen molar-refractivity contribution in [3.8, 4) is 0 Å². The molecule has 4 rings (SSSR count). The minimum absolute atomic E-state index is 0.0329. The molecule has 9 heteroatoms. The zero-order chi connectivity index (χ0) is 26.7. The first kappa shape index (κ1) is 26.4. The van der Waals surface area contributed by atoms with Gasteiger partial charge in [0.15, 0.2) is 0 Å². The van der Waals surface area contributed by atoms with Crippen LogP contribution < -0.4 is 15.5 Å². The maximum Gasteiger partial charge on any atom is 0.416 e. The monoisotopic (exact) mass is 512 g/mol. The second kappa shape index (κ2) is 10.8. The maximum atomic E-state index is 12.9. The second-order valence-corrected chi connectivity index (χ2v) is 10.1. The van der Waals surface area contributed by atoms with Gasteiger partial charge in [-0.1, -0.05) is 19.9 Å². The summed E-state index contributed by atoms with van der Waals surface area (Å²) in [4.78, 5) is 31.8. The van der Waals surface area contributed by atoms with Crippen molar-refractivity contribution in [1.29, 1.82) is 0 Å². The third kappa shape index (κ3) is 6.78. The van der Waals surface area contributed by atoms with E-state index in [1.54, 1.807) is 6.07 Å². The van der Waals surface area contributed by atoms with E-state index in [1.807, 2.05) is 19.1 Å². The molecule has 2 N–H and O–H groups in total. The quantitative estimate of drug-likeness (QED) is 0.401. The van der Waals surface area contributed by atoms with Gasteiger partial charge >= 0.3 is 6.18 Å². The van der Waals surface area contributed by atoms with E-state index >= 15 is 0 Å². The number of pyridine rings is 1. The Morgan fingerprint density at radius 2 is 1.57 bits per heavy atom. The highest BCUT2D eigenvalue weighted by Crippen LogP contribution is 2.31. The average molecular weight is 513 g/mol. The number of benzene rings is 2. The maximum absolute atomic E-state index is 12.9. The van der Waals surface area contributed by atoms with Crippen molar-refractivity contribution in [2.75, 3.05) is 28.6 Å². The third-order valence-corrected chi connectivity index (χ3v) is 6.53. The number of carbonyl (C=O) groups is 2. The van der Waals surface area contributed by atoms with Crippen molar-refractivity contribution in [2.45, 2.75) is 46.2 Å². The van der Waals surface area contributed by atoms with Crippen molar-refractivity contribution >= 4 is 39.9 Å². The van der Waals surface area contributed by atoms with Crippen molar-refractivity contribution < 1.29 is 22.8 Å². The molecular formula is C28H31F3N4O2. The highest BCUT2D eigenvalue weighted by molar-refractivity contribution is 5.98. The molecule has 6 nitrogen and oxygen atoms in total. The number of hydrogen-bond donors (Lipinski definition) is 2. The van der Waals surface area contributed by atoms with Crippen LogP contribution in [0.5, 0.6) is 0 Å². The lowest BCUT2D eigenvalue weighted by Gasteiger charge is -2.36. The highest BCUT2D eigenvalue weighted by Gasteiger charge is 2.30. The SMILES string of the molecule is Cc1cc(N2C[C@H](C)C[C@H](C)C2)nc2ccc(NC(=O)CCC(=O)Nc3cccc(C(F)(F)F)c3)cc12. The minimum atomic E-state index is -4.50. The number of piperidine rings is 1. The minimum Gasteiger partial charge on any atom is -0.356 e. The Bertz CT molecular complexity index is 1300. The van der Waals surface area contributed by atoms with E-state index < -0.39 is 17.6 Å². The van der Waals surface area contributed by atoms with Crippen LogP contribution in [0.4, 0.5) is 30.4 Å². The topological polar surface area (TPSA) is 74.3 Å². The molecular weight excluding hydrogens is 481 g/mol. The largest absolute Gasteiger partial charge is 0.416 e. The fraction of sp³-hybridized carbons (Fsp3) is 0.393. The second-order valence-electron chi connectivity index (χ2n) is 10.1. The van der Waals surface area contributed by atoms with Crippen molar-refractivity contribution in [3.63, 3.8) is 0 Å². The lowest BCUT2D eigenvalue weighted by molar-refractivity contribution is -0.137. The molecule has 2 aromatic carbocycles. The molecule has 2 atom stereocenters. The highest BCUT2D eigenvalue weighted by atomic mass is 19.4. The molecule has 0 radical (unpaired) electrons.